The third-order valence-electron chi connectivity index (χ3n) is 4.08. The van der Waals surface area contributed by atoms with Gasteiger partial charge in [-0.1, -0.05) is 0 Å². The average molecular weight is 255 g/mol. The second kappa shape index (κ2) is 5.99. The second-order valence-electron chi connectivity index (χ2n) is 5.60. The van der Waals surface area contributed by atoms with E-state index >= 15 is 0 Å². The topological polar surface area (TPSA) is 58.8 Å². The number of ether oxygens (including phenoxy) is 1. The number of piperidine rings is 1. The first kappa shape index (κ1) is 13.8. The maximum atomic E-state index is 12.4. The van der Waals surface area contributed by atoms with Crippen molar-refractivity contribution in [3.8, 4) is 0 Å². The quantitative estimate of drug-likeness (QED) is 0.774. The molecule has 2 heterocycles. The van der Waals surface area contributed by atoms with Crippen molar-refractivity contribution in [1.82, 2.24) is 9.80 Å². The first-order valence-electron chi connectivity index (χ1n) is 6.92. The van der Waals surface area contributed by atoms with Crippen molar-refractivity contribution in [1.29, 1.82) is 0 Å². The molecule has 0 bridgehead atoms. The van der Waals surface area contributed by atoms with E-state index in [1.807, 2.05) is 4.90 Å². The first-order valence-corrected chi connectivity index (χ1v) is 6.92. The number of carbonyl (C=O) groups excluding carboxylic acids is 1. The molecule has 2 aliphatic rings. The van der Waals surface area contributed by atoms with Crippen molar-refractivity contribution in [2.24, 2.45) is 5.73 Å². The normalized spacial score (nSPS) is 33.1. The lowest BCUT2D eigenvalue weighted by molar-refractivity contribution is -0.144. The molecule has 5 nitrogen and oxygen atoms in total. The number of nitrogens with two attached hydrogens (primary N) is 1. The fraction of sp³-hybridized carbons (Fsp3) is 0.923. The van der Waals surface area contributed by atoms with Crippen LogP contribution in [0.1, 0.15) is 25.7 Å². The fourth-order valence-corrected chi connectivity index (χ4v) is 2.84. The summed E-state index contributed by atoms with van der Waals surface area (Å²) in [5.74, 6) is 0.164. The molecule has 0 aromatic carbocycles. The van der Waals surface area contributed by atoms with Crippen molar-refractivity contribution >= 4 is 5.91 Å². The summed E-state index contributed by atoms with van der Waals surface area (Å²) in [5, 5.41) is 0. The molecule has 2 saturated heterocycles. The van der Waals surface area contributed by atoms with Crippen LogP contribution in [0.3, 0.4) is 0 Å². The molecule has 2 aliphatic heterocycles. The Labute approximate surface area is 109 Å². The van der Waals surface area contributed by atoms with Gasteiger partial charge in [0, 0.05) is 25.7 Å². The van der Waals surface area contributed by atoms with E-state index in [2.05, 4.69) is 19.0 Å². The molecule has 3 atom stereocenters. The number of carbonyl (C=O) groups is 1. The number of nitrogens with zero attached hydrogens (tertiary/aromatic N) is 2. The first-order chi connectivity index (χ1) is 8.61. The van der Waals surface area contributed by atoms with Crippen LogP contribution in [-0.4, -0.2) is 67.7 Å². The molecular weight excluding hydrogens is 230 g/mol. The predicted octanol–water partition coefficient (Wildman–Crippen LogP) is 0.0453. The minimum atomic E-state index is -0.250. The zero-order valence-electron chi connectivity index (χ0n) is 11.5. The van der Waals surface area contributed by atoms with Crippen LogP contribution >= 0.6 is 0 Å². The zero-order chi connectivity index (χ0) is 13.1. The van der Waals surface area contributed by atoms with Gasteiger partial charge in [0.15, 0.2) is 0 Å². The third kappa shape index (κ3) is 3.02. The van der Waals surface area contributed by atoms with Gasteiger partial charge in [-0.2, -0.15) is 0 Å². The summed E-state index contributed by atoms with van der Waals surface area (Å²) in [5.41, 5.74) is 5.58. The highest BCUT2D eigenvalue weighted by Gasteiger charge is 2.34. The molecule has 0 spiro atoms. The predicted molar refractivity (Wildman–Crippen MR) is 70.2 cm³/mol. The van der Waals surface area contributed by atoms with E-state index in [4.69, 9.17) is 10.5 Å². The van der Waals surface area contributed by atoms with Gasteiger partial charge in [0.25, 0.3) is 5.91 Å². The van der Waals surface area contributed by atoms with Crippen LogP contribution in [0.15, 0.2) is 0 Å². The van der Waals surface area contributed by atoms with Gasteiger partial charge in [-0.05, 0) is 39.8 Å². The van der Waals surface area contributed by atoms with Crippen molar-refractivity contribution in [3.63, 3.8) is 0 Å². The molecule has 5 heteroatoms. The highest BCUT2D eigenvalue weighted by atomic mass is 16.5. The van der Waals surface area contributed by atoms with Crippen LogP contribution in [-0.2, 0) is 9.53 Å². The Bertz CT molecular complexity index is 296. The highest BCUT2D eigenvalue weighted by Crippen LogP contribution is 2.23. The molecular formula is C13H25N3O2. The number of likely N-dealkylation sites (tertiary alicyclic amines) is 1. The average Bonchev–Trinajstić information content (AvgIpc) is 2.86. The zero-order valence-corrected chi connectivity index (χ0v) is 11.5. The molecule has 2 N–H and O–H groups in total. The maximum absolute atomic E-state index is 12.4. The summed E-state index contributed by atoms with van der Waals surface area (Å²) in [6.45, 7) is 2.22. The standard InChI is InChI=1S/C13H25N3O2/c1-15(2)10-4-3-7-16(9-10)13(17)12-6-5-11(8-14)18-12/h10-12H,3-9,14H2,1-2H3/t10?,11-,12+/m1/s1. The summed E-state index contributed by atoms with van der Waals surface area (Å²) in [4.78, 5) is 16.5. The van der Waals surface area contributed by atoms with Crippen LogP contribution in [0.25, 0.3) is 0 Å². The molecule has 0 radical (unpaired) electrons. The van der Waals surface area contributed by atoms with E-state index in [9.17, 15) is 4.79 Å². The smallest absolute Gasteiger partial charge is 0.251 e. The van der Waals surface area contributed by atoms with Crippen molar-refractivity contribution < 1.29 is 9.53 Å². The van der Waals surface area contributed by atoms with Gasteiger partial charge in [-0.3, -0.25) is 4.79 Å². The molecule has 2 rings (SSSR count). The summed E-state index contributed by atoms with van der Waals surface area (Å²) in [6, 6.07) is 0.481. The lowest BCUT2D eigenvalue weighted by Crippen LogP contribution is -2.50. The number of hydrogen-bond donors (Lipinski definition) is 1. The van der Waals surface area contributed by atoms with Gasteiger partial charge in [-0.15, -0.1) is 0 Å². The summed E-state index contributed by atoms with van der Waals surface area (Å²) >= 11 is 0. The van der Waals surface area contributed by atoms with Gasteiger partial charge in [0.2, 0.25) is 0 Å². The van der Waals surface area contributed by atoms with E-state index < -0.39 is 0 Å². The monoisotopic (exact) mass is 255 g/mol. The minimum Gasteiger partial charge on any atom is -0.364 e. The van der Waals surface area contributed by atoms with E-state index in [-0.39, 0.29) is 18.1 Å². The van der Waals surface area contributed by atoms with E-state index in [1.165, 1.54) is 6.42 Å². The van der Waals surface area contributed by atoms with Crippen molar-refractivity contribution in [2.45, 2.75) is 43.9 Å². The van der Waals surface area contributed by atoms with Crippen molar-refractivity contribution in [2.75, 3.05) is 33.7 Å². The Kier molecular flexibility index (Phi) is 4.59. The SMILES string of the molecule is CN(C)C1CCCN(C(=O)[C@@H]2CC[C@H](CN)O2)C1. The Morgan fingerprint density at radius 3 is 2.78 bits per heavy atom. The van der Waals surface area contributed by atoms with Crippen LogP contribution in [0.5, 0.6) is 0 Å². The lowest BCUT2D eigenvalue weighted by atomic mass is 10.0. The number of amides is 1. The molecule has 0 saturated carbocycles. The fourth-order valence-electron chi connectivity index (χ4n) is 2.84. The largest absolute Gasteiger partial charge is 0.364 e. The molecule has 18 heavy (non-hydrogen) atoms. The van der Waals surface area contributed by atoms with Gasteiger partial charge < -0.3 is 20.3 Å². The van der Waals surface area contributed by atoms with Gasteiger partial charge in [0.1, 0.15) is 6.10 Å². The van der Waals surface area contributed by atoms with Gasteiger partial charge >= 0.3 is 0 Å². The van der Waals surface area contributed by atoms with Crippen molar-refractivity contribution in [3.05, 3.63) is 0 Å². The minimum absolute atomic E-state index is 0.0772. The molecule has 0 aliphatic carbocycles. The lowest BCUT2D eigenvalue weighted by Gasteiger charge is -2.37. The molecule has 0 aromatic rings. The third-order valence-corrected chi connectivity index (χ3v) is 4.08. The highest BCUT2D eigenvalue weighted by molar-refractivity contribution is 5.81. The number of rotatable bonds is 3. The summed E-state index contributed by atoms with van der Waals surface area (Å²) < 4.78 is 5.69. The molecule has 1 amide bonds. The molecule has 1 unspecified atom stereocenters. The van der Waals surface area contributed by atoms with Gasteiger partial charge in [-0.25, -0.2) is 0 Å². The van der Waals surface area contributed by atoms with Crippen LogP contribution in [0.2, 0.25) is 0 Å². The van der Waals surface area contributed by atoms with Gasteiger partial charge in [0.05, 0.1) is 6.10 Å². The Morgan fingerprint density at radius 2 is 2.17 bits per heavy atom. The Balaban J connectivity index is 1.89. The molecule has 2 fully saturated rings. The Hall–Kier alpha value is -0.650. The molecule has 0 aromatic heterocycles. The number of hydrogen-bond acceptors (Lipinski definition) is 4. The summed E-state index contributed by atoms with van der Waals surface area (Å²) in [7, 11) is 4.16. The van der Waals surface area contributed by atoms with Crippen LogP contribution in [0, 0.1) is 0 Å². The van der Waals surface area contributed by atoms with E-state index in [0.29, 0.717) is 12.6 Å². The summed E-state index contributed by atoms with van der Waals surface area (Å²) in [6.07, 6.45) is 3.82. The van der Waals surface area contributed by atoms with E-state index in [1.54, 1.807) is 0 Å². The molecule has 104 valence electrons. The Morgan fingerprint density at radius 1 is 1.39 bits per heavy atom. The second-order valence-corrected chi connectivity index (χ2v) is 5.60. The van der Waals surface area contributed by atoms with Crippen LogP contribution in [0.4, 0.5) is 0 Å². The maximum Gasteiger partial charge on any atom is 0.251 e. The number of likely N-dealkylation sites (N-methyl/N-ethyl adjacent to an activating group) is 1. The van der Waals surface area contributed by atoms with E-state index in [0.717, 1.165) is 32.4 Å². The van der Waals surface area contributed by atoms with Crippen LogP contribution < -0.4 is 5.73 Å².